The third-order valence-corrected chi connectivity index (χ3v) is 3.02. The van der Waals surface area contributed by atoms with E-state index in [2.05, 4.69) is 0 Å². The van der Waals surface area contributed by atoms with E-state index < -0.39 is 12.2 Å². The first-order valence-corrected chi connectivity index (χ1v) is 7.20. The normalized spacial score (nSPS) is 13.4. The van der Waals surface area contributed by atoms with Crippen molar-refractivity contribution in [2.75, 3.05) is 18.0 Å². The van der Waals surface area contributed by atoms with E-state index in [1.807, 2.05) is 43.0 Å². The molecule has 0 radical (unpaired) electrons. The van der Waals surface area contributed by atoms with E-state index in [-0.39, 0.29) is 5.43 Å². The van der Waals surface area contributed by atoms with Gasteiger partial charge >= 0.3 is 0 Å². The van der Waals surface area contributed by atoms with Crippen LogP contribution >= 0.6 is 0 Å². The average Bonchev–Trinajstić information content (AvgIpc) is 3.02. The van der Waals surface area contributed by atoms with E-state index in [1.165, 1.54) is 5.56 Å². The molecule has 0 aromatic heterocycles. The SMILES string of the molecule is Cc1cc1=O.Cc1ccc(N(CC(C)O)CC(C)O)cc1. The van der Waals surface area contributed by atoms with Crippen molar-refractivity contribution < 1.29 is 10.2 Å². The van der Waals surface area contributed by atoms with Gasteiger partial charge in [-0.25, -0.2) is 0 Å². The standard InChI is InChI=1S/C13H21NO2.C4H4O/c1-10-4-6-13(7-5-10)14(8-11(2)15)9-12(3)16;1-3-2-4(3)5/h4-7,11-12,15-16H,8-9H2,1-3H3;2H,1H3. The van der Waals surface area contributed by atoms with Crippen molar-refractivity contribution in [1.29, 1.82) is 0 Å². The molecule has 2 unspecified atom stereocenters. The molecule has 2 aromatic carbocycles. The molecule has 0 bridgehead atoms. The van der Waals surface area contributed by atoms with Crippen molar-refractivity contribution in [2.24, 2.45) is 0 Å². The second-order valence-corrected chi connectivity index (χ2v) is 5.63. The molecule has 4 nitrogen and oxygen atoms in total. The summed E-state index contributed by atoms with van der Waals surface area (Å²) in [6.45, 7) is 8.42. The van der Waals surface area contributed by atoms with Crippen LogP contribution in [0.1, 0.15) is 25.0 Å². The molecule has 4 heteroatoms. The lowest BCUT2D eigenvalue weighted by molar-refractivity contribution is 0.178. The highest BCUT2D eigenvalue weighted by Crippen LogP contribution is 2.15. The van der Waals surface area contributed by atoms with Gasteiger partial charge in [-0.3, -0.25) is 4.79 Å². The van der Waals surface area contributed by atoms with Gasteiger partial charge in [-0.2, -0.15) is 0 Å². The van der Waals surface area contributed by atoms with E-state index in [0.29, 0.717) is 13.1 Å². The minimum Gasteiger partial charge on any atom is -0.392 e. The molecular formula is C17H25NO3. The van der Waals surface area contributed by atoms with Crippen molar-refractivity contribution in [3.05, 3.63) is 51.7 Å². The summed E-state index contributed by atoms with van der Waals surface area (Å²) in [5, 5.41) is 18.9. The van der Waals surface area contributed by atoms with Crippen molar-refractivity contribution in [2.45, 2.75) is 39.9 Å². The molecule has 0 spiro atoms. The van der Waals surface area contributed by atoms with Crippen molar-refractivity contribution >= 4 is 5.69 Å². The highest BCUT2D eigenvalue weighted by atomic mass is 16.3. The summed E-state index contributed by atoms with van der Waals surface area (Å²) in [4.78, 5) is 11.8. The fraction of sp³-hybridized carbons (Fsp3) is 0.471. The zero-order chi connectivity index (χ0) is 16.0. The largest absolute Gasteiger partial charge is 0.392 e. The molecule has 116 valence electrons. The van der Waals surface area contributed by atoms with Gasteiger partial charge < -0.3 is 15.1 Å². The Morgan fingerprint density at radius 1 is 1.00 bits per heavy atom. The maximum atomic E-state index is 9.79. The Morgan fingerprint density at radius 3 is 1.67 bits per heavy atom. The fourth-order valence-corrected chi connectivity index (χ4v) is 1.84. The van der Waals surface area contributed by atoms with Crippen LogP contribution < -0.4 is 10.3 Å². The summed E-state index contributed by atoms with van der Waals surface area (Å²) in [5.41, 5.74) is 3.36. The average molecular weight is 291 g/mol. The molecule has 0 aliphatic carbocycles. The van der Waals surface area contributed by atoms with Crippen molar-refractivity contribution in [3.8, 4) is 0 Å². The lowest BCUT2D eigenvalue weighted by Gasteiger charge is -2.27. The second-order valence-electron chi connectivity index (χ2n) is 5.63. The van der Waals surface area contributed by atoms with Gasteiger partial charge in [0.15, 0.2) is 5.43 Å². The molecule has 0 heterocycles. The summed E-state index contributed by atoms with van der Waals surface area (Å²) in [5.74, 6) is 0. The highest BCUT2D eigenvalue weighted by Gasteiger charge is 2.11. The zero-order valence-electron chi connectivity index (χ0n) is 13.2. The van der Waals surface area contributed by atoms with Gasteiger partial charge in [0.1, 0.15) is 0 Å². The van der Waals surface area contributed by atoms with E-state index >= 15 is 0 Å². The van der Waals surface area contributed by atoms with Crippen LogP contribution in [-0.2, 0) is 0 Å². The van der Waals surface area contributed by atoms with E-state index in [1.54, 1.807) is 19.9 Å². The third kappa shape index (κ3) is 7.06. The predicted octanol–water partition coefficient (Wildman–Crippen LogP) is 1.79. The minimum atomic E-state index is -0.403. The summed E-state index contributed by atoms with van der Waals surface area (Å²) in [6.07, 6.45) is -0.805. The van der Waals surface area contributed by atoms with Crippen LogP contribution in [0, 0.1) is 13.8 Å². The van der Waals surface area contributed by atoms with Gasteiger partial charge in [-0.1, -0.05) is 17.7 Å². The molecule has 2 aromatic rings. The maximum absolute atomic E-state index is 9.79. The van der Waals surface area contributed by atoms with Crippen LogP contribution in [0.5, 0.6) is 0 Å². The first-order chi connectivity index (χ1) is 9.79. The smallest absolute Gasteiger partial charge is 0.182 e. The van der Waals surface area contributed by atoms with Crippen LogP contribution in [0.25, 0.3) is 0 Å². The predicted molar refractivity (Wildman–Crippen MR) is 86.6 cm³/mol. The van der Waals surface area contributed by atoms with E-state index in [9.17, 15) is 15.0 Å². The van der Waals surface area contributed by atoms with Crippen LogP contribution in [0.15, 0.2) is 35.1 Å². The molecule has 2 atom stereocenters. The van der Waals surface area contributed by atoms with Crippen LogP contribution in [0.4, 0.5) is 5.69 Å². The van der Waals surface area contributed by atoms with Crippen molar-refractivity contribution in [3.63, 3.8) is 0 Å². The fourth-order valence-electron chi connectivity index (χ4n) is 1.84. The summed E-state index contributed by atoms with van der Waals surface area (Å²) < 4.78 is 0. The second kappa shape index (κ2) is 7.96. The molecule has 0 amide bonds. The number of aryl methyl sites for hydroxylation is 2. The van der Waals surface area contributed by atoms with Crippen molar-refractivity contribution in [1.82, 2.24) is 0 Å². The molecule has 2 rings (SSSR count). The number of nitrogens with zero attached hydrogens (tertiary/aromatic N) is 1. The third-order valence-electron chi connectivity index (χ3n) is 3.02. The molecule has 21 heavy (non-hydrogen) atoms. The lowest BCUT2D eigenvalue weighted by atomic mass is 10.2. The Hall–Kier alpha value is -1.65. The Morgan fingerprint density at radius 2 is 1.38 bits per heavy atom. The molecule has 0 aliphatic heterocycles. The molecule has 0 saturated heterocycles. The van der Waals surface area contributed by atoms with Gasteiger partial charge in [-0.15, -0.1) is 0 Å². The van der Waals surface area contributed by atoms with Gasteiger partial charge in [0, 0.05) is 24.3 Å². The Kier molecular flexibility index (Phi) is 6.59. The Bertz CT molecular complexity index is 526. The zero-order valence-corrected chi connectivity index (χ0v) is 13.2. The number of hydrogen-bond donors (Lipinski definition) is 2. The van der Waals surface area contributed by atoms with E-state index in [4.69, 9.17) is 0 Å². The quantitative estimate of drug-likeness (QED) is 0.882. The molecular weight excluding hydrogens is 266 g/mol. The number of benzene rings is 1. The maximum Gasteiger partial charge on any atom is 0.182 e. The first kappa shape index (κ1) is 17.4. The monoisotopic (exact) mass is 291 g/mol. The minimum absolute atomic E-state index is 0.213. The Labute approximate surface area is 126 Å². The summed E-state index contributed by atoms with van der Waals surface area (Å²) in [6, 6.07) is 9.71. The lowest BCUT2D eigenvalue weighted by Crippen LogP contribution is -2.36. The van der Waals surface area contributed by atoms with Crippen LogP contribution in [0.3, 0.4) is 0 Å². The van der Waals surface area contributed by atoms with Gasteiger partial charge in [0.05, 0.1) is 12.2 Å². The number of aliphatic hydroxyl groups is 2. The van der Waals surface area contributed by atoms with Gasteiger partial charge in [0.25, 0.3) is 0 Å². The van der Waals surface area contributed by atoms with E-state index in [0.717, 1.165) is 11.3 Å². The highest BCUT2D eigenvalue weighted by molar-refractivity contribution is 5.47. The number of anilines is 1. The van der Waals surface area contributed by atoms with Gasteiger partial charge in [-0.05, 0) is 45.9 Å². The molecule has 2 N–H and O–H groups in total. The topological polar surface area (TPSA) is 60.8 Å². The molecule has 0 saturated carbocycles. The number of hydrogen-bond acceptors (Lipinski definition) is 4. The van der Waals surface area contributed by atoms with Gasteiger partial charge in [0.2, 0.25) is 0 Å². The summed E-state index contributed by atoms with van der Waals surface area (Å²) >= 11 is 0. The molecule has 0 aliphatic rings. The Balaban J connectivity index is 0.000000369. The number of rotatable bonds is 5. The summed E-state index contributed by atoms with van der Waals surface area (Å²) in [7, 11) is 0. The first-order valence-electron chi connectivity index (χ1n) is 7.20. The molecule has 0 fully saturated rings. The van der Waals surface area contributed by atoms with Crippen LogP contribution in [-0.4, -0.2) is 35.5 Å². The number of aliphatic hydroxyl groups excluding tert-OH is 2. The van der Waals surface area contributed by atoms with Crippen LogP contribution in [0.2, 0.25) is 0 Å².